The Kier molecular flexibility index (Phi) is 1.87. The molecule has 0 aromatic heterocycles. The highest BCUT2D eigenvalue weighted by Crippen LogP contribution is 2.24. The molecule has 0 unspecified atom stereocenters. The maximum Gasteiger partial charge on any atom is 0.0920 e. The molecule has 2 heteroatoms. The van der Waals surface area contributed by atoms with E-state index in [4.69, 9.17) is 0 Å². The summed E-state index contributed by atoms with van der Waals surface area (Å²) in [6, 6.07) is 8.08. The summed E-state index contributed by atoms with van der Waals surface area (Å²) in [6.07, 6.45) is -0.306. The number of likely N-dealkylation sites (N-methyl/N-ethyl adjacent to an activating group) is 1. The van der Waals surface area contributed by atoms with Gasteiger partial charge in [0.1, 0.15) is 0 Å². The van der Waals surface area contributed by atoms with E-state index in [1.807, 2.05) is 25.2 Å². The van der Waals surface area contributed by atoms with Gasteiger partial charge >= 0.3 is 0 Å². The minimum Gasteiger partial charge on any atom is -0.387 e. The standard InChI is InChI=1S/C10H13NO/c1-11-6-8-4-2-3-5-9(8)10(12)7-11/h2-5,10,12H,6-7H2,1H3/t10-/m0/s1. The van der Waals surface area contributed by atoms with Crippen molar-refractivity contribution in [2.75, 3.05) is 13.6 Å². The van der Waals surface area contributed by atoms with Crippen LogP contribution in [0.25, 0.3) is 0 Å². The Balaban J connectivity index is 2.40. The summed E-state index contributed by atoms with van der Waals surface area (Å²) < 4.78 is 0. The van der Waals surface area contributed by atoms with Gasteiger partial charge in [0, 0.05) is 13.1 Å². The smallest absolute Gasteiger partial charge is 0.0920 e. The van der Waals surface area contributed by atoms with E-state index in [1.165, 1.54) is 5.56 Å². The molecule has 0 saturated heterocycles. The number of benzene rings is 1. The molecule has 0 amide bonds. The number of hydrogen-bond donors (Lipinski definition) is 1. The van der Waals surface area contributed by atoms with Crippen LogP contribution >= 0.6 is 0 Å². The fourth-order valence-electron chi connectivity index (χ4n) is 1.75. The van der Waals surface area contributed by atoms with Crippen LogP contribution in [0.4, 0.5) is 0 Å². The topological polar surface area (TPSA) is 23.5 Å². The molecular formula is C10H13NO. The van der Waals surface area contributed by atoms with Crippen LogP contribution in [0.2, 0.25) is 0 Å². The van der Waals surface area contributed by atoms with Crippen LogP contribution in [0.3, 0.4) is 0 Å². The molecule has 1 aliphatic rings. The van der Waals surface area contributed by atoms with Gasteiger partial charge in [0.25, 0.3) is 0 Å². The van der Waals surface area contributed by atoms with Crippen molar-refractivity contribution in [3.63, 3.8) is 0 Å². The van der Waals surface area contributed by atoms with Gasteiger partial charge < -0.3 is 5.11 Å². The Morgan fingerprint density at radius 2 is 2.17 bits per heavy atom. The first-order valence-corrected chi connectivity index (χ1v) is 4.22. The summed E-state index contributed by atoms with van der Waals surface area (Å²) in [6.45, 7) is 1.70. The van der Waals surface area contributed by atoms with Crippen LogP contribution in [0, 0.1) is 0 Å². The Morgan fingerprint density at radius 3 is 3.00 bits per heavy atom. The van der Waals surface area contributed by atoms with Crippen molar-refractivity contribution in [3.05, 3.63) is 35.4 Å². The third-order valence-corrected chi connectivity index (χ3v) is 2.34. The molecule has 1 aromatic carbocycles. The molecule has 0 aliphatic carbocycles. The average Bonchev–Trinajstić information content (AvgIpc) is 2.04. The molecule has 1 atom stereocenters. The molecule has 0 fully saturated rings. The predicted molar refractivity (Wildman–Crippen MR) is 47.7 cm³/mol. The van der Waals surface area contributed by atoms with E-state index < -0.39 is 0 Å². The zero-order valence-corrected chi connectivity index (χ0v) is 7.20. The van der Waals surface area contributed by atoms with E-state index >= 15 is 0 Å². The molecule has 1 heterocycles. The van der Waals surface area contributed by atoms with Gasteiger partial charge in [-0.1, -0.05) is 24.3 Å². The fraction of sp³-hybridized carbons (Fsp3) is 0.400. The highest BCUT2D eigenvalue weighted by molar-refractivity contribution is 5.30. The molecule has 0 bridgehead atoms. The normalized spacial score (nSPS) is 23.7. The number of fused-ring (bicyclic) bond motifs is 1. The van der Waals surface area contributed by atoms with E-state index in [0.29, 0.717) is 0 Å². The molecule has 2 rings (SSSR count). The zero-order chi connectivity index (χ0) is 8.55. The Morgan fingerprint density at radius 1 is 1.42 bits per heavy atom. The summed E-state index contributed by atoms with van der Waals surface area (Å²) in [4.78, 5) is 2.13. The molecular weight excluding hydrogens is 150 g/mol. The van der Waals surface area contributed by atoms with E-state index in [0.717, 1.165) is 18.7 Å². The van der Waals surface area contributed by atoms with Gasteiger partial charge in [0.05, 0.1) is 6.10 Å². The summed E-state index contributed by atoms with van der Waals surface area (Å²) >= 11 is 0. The van der Waals surface area contributed by atoms with Gasteiger partial charge in [0.2, 0.25) is 0 Å². The molecule has 1 N–H and O–H groups in total. The first-order chi connectivity index (χ1) is 5.77. The SMILES string of the molecule is CN1Cc2ccccc2[C@@H](O)C1. The lowest BCUT2D eigenvalue weighted by atomic mass is 9.98. The van der Waals surface area contributed by atoms with Crippen LogP contribution in [-0.2, 0) is 6.54 Å². The average molecular weight is 163 g/mol. The number of aliphatic hydroxyl groups is 1. The number of nitrogens with zero attached hydrogens (tertiary/aromatic N) is 1. The van der Waals surface area contributed by atoms with E-state index in [-0.39, 0.29) is 6.10 Å². The lowest BCUT2D eigenvalue weighted by molar-refractivity contribution is 0.108. The Hall–Kier alpha value is -0.860. The van der Waals surface area contributed by atoms with Crippen molar-refractivity contribution >= 4 is 0 Å². The maximum atomic E-state index is 9.69. The second-order valence-electron chi connectivity index (χ2n) is 3.41. The van der Waals surface area contributed by atoms with Crippen LogP contribution in [0.1, 0.15) is 17.2 Å². The predicted octanol–water partition coefficient (Wildman–Crippen LogP) is 1.17. The van der Waals surface area contributed by atoms with Gasteiger partial charge in [-0.3, -0.25) is 4.90 Å². The lowest BCUT2D eigenvalue weighted by Crippen LogP contribution is -2.30. The Bertz CT molecular complexity index is 285. The highest BCUT2D eigenvalue weighted by atomic mass is 16.3. The van der Waals surface area contributed by atoms with E-state index in [1.54, 1.807) is 0 Å². The summed E-state index contributed by atoms with van der Waals surface area (Å²) in [5.41, 5.74) is 2.34. The van der Waals surface area contributed by atoms with Crippen molar-refractivity contribution < 1.29 is 5.11 Å². The van der Waals surface area contributed by atoms with Crippen molar-refractivity contribution in [3.8, 4) is 0 Å². The summed E-state index contributed by atoms with van der Waals surface area (Å²) in [7, 11) is 2.03. The van der Waals surface area contributed by atoms with Crippen molar-refractivity contribution in [1.82, 2.24) is 4.90 Å². The van der Waals surface area contributed by atoms with Crippen LogP contribution in [0.15, 0.2) is 24.3 Å². The van der Waals surface area contributed by atoms with Crippen molar-refractivity contribution in [1.29, 1.82) is 0 Å². The third-order valence-electron chi connectivity index (χ3n) is 2.34. The summed E-state index contributed by atoms with van der Waals surface area (Å²) in [5.74, 6) is 0. The minimum atomic E-state index is -0.306. The quantitative estimate of drug-likeness (QED) is 0.620. The van der Waals surface area contributed by atoms with Crippen LogP contribution < -0.4 is 0 Å². The first kappa shape index (κ1) is 7.77. The van der Waals surface area contributed by atoms with Gasteiger partial charge in [-0.2, -0.15) is 0 Å². The molecule has 1 aromatic rings. The van der Waals surface area contributed by atoms with Gasteiger partial charge in [-0.05, 0) is 18.2 Å². The molecule has 0 radical (unpaired) electrons. The third kappa shape index (κ3) is 1.24. The Labute approximate surface area is 72.4 Å². The maximum absolute atomic E-state index is 9.69. The number of hydrogen-bond acceptors (Lipinski definition) is 2. The van der Waals surface area contributed by atoms with Gasteiger partial charge in [0.15, 0.2) is 0 Å². The monoisotopic (exact) mass is 163 g/mol. The van der Waals surface area contributed by atoms with E-state index in [2.05, 4.69) is 11.0 Å². The molecule has 12 heavy (non-hydrogen) atoms. The second-order valence-corrected chi connectivity index (χ2v) is 3.41. The van der Waals surface area contributed by atoms with Crippen LogP contribution in [-0.4, -0.2) is 23.6 Å². The molecule has 2 nitrogen and oxygen atoms in total. The molecule has 64 valence electrons. The highest BCUT2D eigenvalue weighted by Gasteiger charge is 2.19. The number of aliphatic hydroxyl groups excluding tert-OH is 1. The fourth-order valence-corrected chi connectivity index (χ4v) is 1.75. The second kappa shape index (κ2) is 2.88. The zero-order valence-electron chi connectivity index (χ0n) is 7.20. The largest absolute Gasteiger partial charge is 0.387 e. The molecule has 0 saturated carbocycles. The first-order valence-electron chi connectivity index (χ1n) is 4.22. The minimum absolute atomic E-state index is 0.306. The lowest BCUT2D eigenvalue weighted by Gasteiger charge is -2.28. The number of rotatable bonds is 0. The van der Waals surface area contributed by atoms with Gasteiger partial charge in [-0.15, -0.1) is 0 Å². The van der Waals surface area contributed by atoms with Gasteiger partial charge in [-0.25, -0.2) is 0 Å². The molecule has 1 aliphatic heterocycles. The van der Waals surface area contributed by atoms with Crippen molar-refractivity contribution in [2.45, 2.75) is 12.6 Å². The molecule has 0 spiro atoms. The summed E-state index contributed by atoms with van der Waals surface area (Å²) in [5, 5.41) is 9.69. The van der Waals surface area contributed by atoms with E-state index in [9.17, 15) is 5.11 Å². The van der Waals surface area contributed by atoms with Crippen molar-refractivity contribution in [2.24, 2.45) is 0 Å². The van der Waals surface area contributed by atoms with Crippen LogP contribution in [0.5, 0.6) is 0 Å². The number of β-amino-alcohol motifs (C(OH)–C–C–N with tert-alkyl or cyclic N) is 1.